The second-order valence-electron chi connectivity index (χ2n) is 7.40. The van der Waals surface area contributed by atoms with Crippen LogP contribution in [0.15, 0.2) is 0 Å². The summed E-state index contributed by atoms with van der Waals surface area (Å²) in [5.74, 6) is 0.617. The van der Waals surface area contributed by atoms with E-state index in [-0.39, 0.29) is 18.3 Å². The van der Waals surface area contributed by atoms with Crippen molar-refractivity contribution in [2.24, 2.45) is 11.8 Å². The van der Waals surface area contributed by atoms with Crippen LogP contribution in [0.2, 0.25) is 13.1 Å². The molecule has 1 saturated heterocycles. The summed E-state index contributed by atoms with van der Waals surface area (Å²) in [6.45, 7) is 6.21. The van der Waals surface area contributed by atoms with E-state index in [1.807, 2.05) is 0 Å². The summed E-state index contributed by atoms with van der Waals surface area (Å²) < 4.78 is 31.7. The van der Waals surface area contributed by atoms with Crippen molar-refractivity contribution in [3.05, 3.63) is 0 Å². The van der Waals surface area contributed by atoms with Crippen LogP contribution in [0.1, 0.15) is 51.9 Å². The van der Waals surface area contributed by atoms with Crippen molar-refractivity contribution in [1.29, 1.82) is 0 Å². The maximum atomic E-state index is 14.6. The number of fused-ring (bicyclic) bond motifs is 1. The van der Waals surface area contributed by atoms with E-state index >= 15 is 0 Å². The van der Waals surface area contributed by atoms with Gasteiger partial charge in [-0.05, 0) is 44.2 Å². The minimum Gasteiger partial charge on any atom is -0.411 e. The van der Waals surface area contributed by atoms with E-state index in [4.69, 9.17) is 13.7 Å². The third-order valence-electron chi connectivity index (χ3n) is 5.36. The first-order valence-corrected chi connectivity index (χ1v) is 12.1. The molecule has 1 aliphatic carbocycles. The molecule has 0 aromatic heterocycles. The van der Waals surface area contributed by atoms with Crippen molar-refractivity contribution < 1.29 is 23.2 Å². The highest BCUT2D eigenvalue weighted by Gasteiger charge is 2.49. The number of aliphatic hydroxyl groups is 1. The molecule has 7 heteroatoms. The molecule has 0 spiro atoms. The van der Waals surface area contributed by atoms with Crippen LogP contribution in [0.3, 0.4) is 0 Å². The number of halogens is 1. The van der Waals surface area contributed by atoms with Gasteiger partial charge in [-0.2, -0.15) is 0 Å². The zero-order valence-corrected chi connectivity index (χ0v) is 17.3. The Morgan fingerprint density at radius 2 is 2.08 bits per heavy atom. The van der Waals surface area contributed by atoms with Crippen LogP contribution in [-0.2, 0) is 13.7 Å². The molecule has 2 rings (SSSR count). The smallest absolute Gasteiger partial charge is 0.205 e. The van der Waals surface area contributed by atoms with E-state index in [2.05, 4.69) is 29.5 Å². The molecular formula is C17H33FO4PSi. The molecule has 1 heterocycles. The number of unbranched alkanes of at least 4 members (excludes halogenated alkanes) is 1. The highest BCUT2D eigenvalue weighted by atomic mass is 31.0. The molecule has 1 N–H and O–H groups in total. The van der Waals surface area contributed by atoms with E-state index in [9.17, 15) is 9.50 Å². The number of aliphatic hydroxyl groups excluding tert-OH is 1. The molecule has 24 heavy (non-hydrogen) atoms. The summed E-state index contributed by atoms with van der Waals surface area (Å²) >= 11 is 0. The van der Waals surface area contributed by atoms with Gasteiger partial charge in [0.05, 0.1) is 18.3 Å². The lowest BCUT2D eigenvalue weighted by atomic mass is 9.86. The fourth-order valence-corrected chi connectivity index (χ4v) is 5.40. The normalized spacial score (nSPS) is 35.4. The Morgan fingerprint density at radius 3 is 2.71 bits per heavy atom. The molecule has 0 aromatic rings. The summed E-state index contributed by atoms with van der Waals surface area (Å²) in [6, 6.07) is 0. The van der Waals surface area contributed by atoms with E-state index in [0.29, 0.717) is 24.7 Å². The Bertz CT molecular complexity index is 376. The van der Waals surface area contributed by atoms with E-state index < -0.39 is 21.5 Å². The second-order valence-corrected chi connectivity index (χ2v) is 9.73. The van der Waals surface area contributed by atoms with Crippen LogP contribution >= 0.6 is 9.47 Å². The van der Waals surface area contributed by atoms with Crippen LogP contribution in [-0.4, -0.2) is 44.9 Å². The van der Waals surface area contributed by atoms with Crippen molar-refractivity contribution in [2.45, 2.75) is 95.7 Å². The van der Waals surface area contributed by atoms with Crippen molar-refractivity contribution in [1.82, 2.24) is 0 Å². The van der Waals surface area contributed by atoms with Gasteiger partial charge in [-0.1, -0.05) is 19.8 Å². The van der Waals surface area contributed by atoms with E-state index in [1.54, 1.807) is 0 Å². The van der Waals surface area contributed by atoms with Crippen molar-refractivity contribution in [2.75, 3.05) is 0 Å². The molecule has 2 aliphatic rings. The first-order valence-electron chi connectivity index (χ1n) is 9.26. The van der Waals surface area contributed by atoms with Gasteiger partial charge in [0.15, 0.2) is 6.29 Å². The summed E-state index contributed by atoms with van der Waals surface area (Å²) in [7, 11) is 1.43. The molecule has 0 amide bonds. The second kappa shape index (κ2) is 9.93. The summed E-state index contributed by atoms with van der Waals surface area (Å²) in [4.78, 5) is 0. The quantitative estimate of drug-likeness (QED) is 0.463. The first kappa shape index (κ1) is 20.7. The van der Waals surface area contributed by atoms with Gasteiger partial charge >= 0.3 is 0 Å². The highest BCUT2D eigenvalue weighted by molar-refractivity contribution is 7.09. The molecule has 0 bridgehead atoms. The lowest BCUT2D eigenvalue weighted by Crippen LogP contribution is -2.32. The van der Waals surface area contributed by atoms with Gasteiger partial charge in [-0.15, -0.1) is 0 Å². The maximum absolute atomic E-state index is 14.6. The van der Waals surface area contributed by atoms with Crippen molar-refractivity contribution >= 4 is 18.5 Å². The molecule has 1 aliphatic heterocycles. The number of alkyl halides is 1. The van der Waals surface area contributed by atoms with Gasteiger partial charge < -0.3 is 18.8 Å². The Hall–Kier alpha value is 0.417. The van der Waals surface area contributed by atoms with Crippen molar-refractivity contribution in [3.8, 4) is 0 Å². The van der Waals surface area contributed by atoms with Gasteiger partial charge in [0.1, 0.15) is 6.17 Å². The highest BCUT2D eigenvalue weighted by Crippen LogP contribution is 2.46. The molecule has 0 aromatic carbocycles. The lowest BCUT2D eigenvalue weighted by molar-refractivity contribution is -0.0939. The Labute approximate surface area is 149 Å². The van der Waals surface area contributed by atoms with Gasteiger partial charge in [0, 0.05) is 22.3 Å². The number of hydrogen-bond acceptors (Lipinski definition) is 4. The van der Waals surface area contributed by atoms with Crippen LogP contribution < -0.4 is 0 Å². The zero-order valence-electron chi connectivity index (χ0n) is 15.1. The molecular weight excluding hydrogens is 346 g/mol. The van der Waals surface area contributed by atoms with E-state index in [0.717, 1.165) is 32.1 Å². The largest absolute Gasteiger partial charge is 0.411 e. The molecule has 8 atom stereocenters. The molecule has 141 valence electrons. The Morgan fingerprint density at radius 1 is 1.33 bits per heavy atom. The van der Waals surface area contributed by atoms with Gasteiger partial charge in [-0.25, -0.2) is 4.39 Å². The third-order valence-corrected chi connectivity index (χ3v) is 6.48. The molecule has 4 nitrogen and oxygen atoms in total. The van der Waals surface area contributed by atoms with Gasteiger partial charge in [0.25, 0.3) is 0 Å². The predicted molar refractivity (Wildman–Crippen MR) is 97.7 cm³/mol. The maximum Gasteiger partial charge on any atom is 0.205 e. The average Bonchev–Trinajstić information content (AvgIpc) is 3.04. The first-order chi connectivity index (χ1) is 11.5. The average molecular weight is 380 g/mol. The van der Waals surface area contributed by atoms with Crippen molar-refractivity contribution in [3.63, 3.8) is 0 Å². The zero-order chi connectivity index (χ0) is 17.7. The fraction of sp³-hybridized carbons (Fsp3) is 1.00. The summed E-state index contributed by atoms with van der Waals surface area (Å²) in [6.07, 6.45) is 3.89. The molecule has 2 fully saturated rings. The van der Waals surface area contributed by atoms with Gasteiger partial charge in [-0.3, -0.25) is 0 Å². The Kier molecular flexibility index (Phi) is 8.58. The minimum atomic E-state index is -0.932. The Balaban J connectivity index is 1.93. The molecule has 1 radical (unpaired) electrons. The number of rotatable bonds is 10. The fourth-order valence-electron chi connectivity index (χ4n) is 4.22. The monoisotopic (exact) mass is 379 g/mol. The predicted octanol–water partition coefficient (Wildman–Crippen LogP) is 3.85. The minimum absolute atomic E-state index is 0.0770. The molecule has 8 unspecified atom stereocenters. The standard InChI is InChI=1S/C17H33FO4PSi/c1-4-5-6-13(18)14(22-24(2)3)8-7-11-12-9-17(19)20-15(12)10-16(11)21-23/h11-17,19H,4-10,23H2,1-3H3. The van der Waals surface area contributed by atoms with Gasteiger partial charge in [0.2, 0.25) is 9.04 Å². The number of ether oxygens (including phenoxy) is 1. The summed E-state index contributed by atoms with van der Waals surface area (Å²) in [5, 5.41) is 9.74. The number of hydrogen-bond donors (Lipinski definition) is 1. The molecule has 1 saturated carbocycles. The van der Waals surface area contributed by atoms with Crippen LogP contribution in [0.25, 0.3) is 0 Å². The van der Waals surface area contributed by atoms with Crippen LogP contribution in [0.5, 0.6) is 0 Å². The van der Waals surface area contributed by atoms with Crippen LogP contribution in [0, 0.1) is 11.8 Å². The topological polar surface area (TPSA) is 47.9 Å². The third kappa shape index (κ3) is 5.45. The SMILES string of the molecule is CCCCC(F)C(CCC1C(OP)CC2OC(O)CC21)O[Si](C)C. The van der Waals surface area contributed by atoms with E-state index in [1.165, 1.54) is 0 Å². The lowest BCUT2D eigenvalue weighted by Gasteiger charge is -2.28. The summed E-state index contributed by atoms with van der Waals surface area (Å²) in [5.41, 5.74) is 0. The van der Waals surface area contributed by atoms with Crippen LogP contribution in [0.4, 0.5) is 4.39 Å².